The van der Waals surface area contributed by atoms with Crippen LogP contribution in [-0.2, 0) is 9.53 Å². The minimum Gasteiger partial charge on any atom is -0.468 e. The van der Waals surface area contributed by atoms with Crippen molar-refractivity contribution in [3.8, 4) is 0 Å². The van der Waals surface area contributed by atoms with E-state index in [0.717, 1.165) is 17.9 Å². The predicted octanol–water partition coefficient (Wildman–Crippen LogP) is 0.382. The van der Waals surface area contributed by atoms with Gasteiger partial charge < -0.3 is 15.6 Å². The minimum absolute atomic E-state index is 0.196. The smallest absolute Gasteiger partial charge is 0.325 e. The average molecular weight is 221 g/mol. The first-order valence-corrected chi connectivity index (χ1v) is 5.76. The zero-order valence-electron chi connectivity index (χ0n) is 8.78. The second-order valence-electron chi connectivity index (χ2n) is 3.35. The van der Waals surface area contributed by atoms with Crippen molar-refractivity contribution in [3.63, 3.8) is 0 Å². The zero-order chi connectivity index (χ0) is 11.0. The largest absolute Gasteiger partial charge is 0.468 e. The molecule has 0 saturated carbocycles. The maximum Gasteiger partial charge on any atom is 0.325 e. The number of esters is 1. The van der Waals surface area contributed by atoms with Crippen molar-refractivity contribution in [2.75, 3.05) is 25.2 Å². The molecule has 0 saturated heterocycles. The molecule has 5 heteroatoms. The number of methoxy groups -OCH3 is 1. The van der Waals surface area contributed by atoms with E-state index in [4.69, 9.17) is 10.8 Å². The van der Waals surface area contributed by atoms with Crippen LogP contribution < -0.4 is 5.73 Å². The van der Waals surface area contributed by atoms with E-state index < -0.39 is 5.54 Å². The summed E-state index contributed by atoms with van der Waals surface area (Å²) in [7, 11) is 1.34. The molecular weight excluding hydrogens is 202 g/mol. The van der Waals surface area contributed by atoms with Crippen molar-refractivity contribution in [3.05, 3.63) is 0 Å². The summed E-state index contributed by atoms with van der Waals surface area (Å²) in [5.74, 6) is 1.27. The first-order chi connectivity index (χ1) is 6.54. The Balaban J connectivity index is 3.60. The molecule has 0 aliphatic rings. The van der Waals surface area contributed by atoms with Crippen LogP contribution in [0.2, 0.25) is 0 Å². The molecule has 0 bridgehead atoms. The third-order valence-corrected chi connectivity index (χ3v) is 2.92. The van der Waals surface area contributed by atoms with Gasteiger partial charge >= 0.3 is 5.97 Å². The first kappa shape index (κ1) is 13.7. The highest BCUT2D eigenvalue weighted by Crippen LogP contribution is 2.13. The molecule has 0 heterocycles. The number of hydrogen-bond acceptors (Lipinski definition) is 5. The number of aliphatic hydroxyl groups excluding tert-OH is 1. The van der Waals surface area contributed by atoms with E-state index in [1.54, 1.807) is 18.7 Å². The molecule has 0 aromatic carbocycles. The summed E-state index contributed by atoms with van der Waals surface area (Å²) in [5.41, 5.74) is 4.87. The Kier molecular flexibility index (Phi) is 6.96. The van der Waals surface area contributed by atoms with Gasteiger partial charge in [-0.3, -0.25) is 4.79 Å². The summed E-state index contributed by atoms with van der Waals surface area (Å²) < 4.78 is 4.58. The van der Waals surface area contributed by atoms with Crippen molar-refractivity contribution < 1.29 is 14.6 Å². The van der Waals surface area contributed by atoms with Gasteiger partial charge in [0.25, 0.3) is 0 Å². The van der Waals surface area contributed by atoms with Gasteiger partial charge in [-0.05, 0) is 25.5 Å². The molecule has 4 nitrogen and oxygen atoms in total. The molecule has 0 aromatic heterocycles. The topological polar surface area (TPSA) is 72.5 Å². The lowest BCUT2D eigenvalue weighted by Gasteiger charge is -2.20. The fourth-order valence-electron chi connectivity index (χ4n) is 1.04. The fraction of sp³-hybridized carbons (Fsp3) is 0.889. The van der Waals surface area contributed by atoms with E-state index in [-0.39, 0.29) is 12.6 Å². The molecule has 0 amide bonds. The third kappa shape index (κ3) is 5.47. The zero-order valence-corrected chi connectivity index (χ0v) is 9.60. The van der Waals surface area contributed by atoms with E-state index in [1.165, 1.54) is 7.11 Å². The summed E-state index contributed by atoms with van der Waals surface area (Å²) in [6, 6.07) is 0. The highest BCUT2D eigenvalue weighted by molar-refractivity contribution is 7.99. The number of carbonyl (C=O) groups excluding carboxylic acids is 1. The Labute approximate surface area is 89.2 Å². The third-order valence-electron chi connectivity index (χ3n) is 1.87. The van der Waals surface area contributed by atoms with Crippen molar-refractivity contribution in [2.45, 2.75) is 25.3 Å². The summed E-state index contributed by atoms with van der Waals surface area (Å²) in [6.45, 7) is 1.87. The minimum atomic E-state index is -0.880. The van der Waals surface area contributed by atoms with Crippen LogP contribution in [0.3, 0.4) is 0 Å². The number of hydrogen-bond donors (Lipinski definition) is 2. The molecule has 3 N–H and O–H groups in total. The Morgan fingerprint density at radius 1 is 1.57 bits per heavy atom. The number of nitrogens with two attached hydrogens (primary N) is 1. The van der Waals surface area contributed by atoms with Gasteiger partial charge in [-0.15, -0.1) is 0 Å². The van der Waals surface area contributed by atoms with Gasteiger partial charge in [0, 0.05) is 5.75 Å². The predicted molar refractivity (Wildman–Crippen MR) is 58.3 cm³/mol. The quantitative estimate of drug-likeness (QED) is 0.480. The van der Waals surface area contributed by atoms with E-state index in [9.17, 15) is 4.79 Å². The van der Waals surface area contributed by atoms with Crippen molar-refractivity contribution in [1.82, 2.24) is 0 Å². The van der Waals surface area contributed by atoms with E-state index >= 15 is 0 Å². The molecule has 0 aliphatic heterocycles. The molecular formula is C9H19NO3S. The van der Waals surface area contributed by atoms with Crippen LogP contribution in [0.25, 0.3) is 0 Å². The lowest BCUT2D eigenvalue weighted by Crippen LogP contribution is -2.45. The Morgan fingerprint density at radius 3 is 2.71 bits per heavy atom. The van der Waals surface area contributed by atoms with Gasteiger partial charge in [0.15, 0.2) is 0 Å². The van der Waals surface area contributed by atoms with Crippen molar-refractivity contribution >= 4 is 17.7 Å². The molecule has 1 atom stereocenters. The lowest BCUT2D eigenvalue weighted by atomic mass is 9.98. The summed E-state index contributed by atoms with van der Waals surface area (Å²) in [4.78, 5) is 11.2. The average Bonchev–Trinajstić information content (AvgIpc) is 2.16. The molecule has 0 aromatic rings. The molecule has 0 fully saturated rings. The van der Waals surface area contributed by atoms with Gasteiger partial charge in [0.2, 0.25) is 0 Å². The Bertz CT molecular complexity index is 173. The number of aliphatic hydroxyl groups is 1. The van der Waals surface area contributed by atoms with Gasteiger partial charge in [0.05, 0.1) is 13.7 Å². The van der Waals surface area contributed by atoms with Gasteiger partial charge in [-0.2, -0.15) is 11.8 Å². The lowest BCUT2D eigenvalue weighted by molar-refractivity contribution is -0.146. The number of carbonyl (C=O) groups is 1. The van der Waals surface area contributed by atoms with Crippen molar-refractivity contribution in [2.24, 2.45) is 5.73 Å². The molecule has 0 radical (unpaired) electrons. The van der Waals surface area contributed by atoms with Gasteiger partial charge in [-0.25, -0.2) is 0 Å². The molecule has 0 spiro atoms. The standard InChI is InChI=1S/C9H19NO3S/c1-9(10,8(12)13-2)4-3-6-14-7-5-11/h11H,3-7,10H2,1-2H3/t9-/m0/s1. The second kappa shape index (κ2) is 7.09. The van der Waals surface area contributed by atoms with Gasteiger partial charge in [-0.1, -0.05) is 0 Å². The maximum absolute atomic E-state index is 11.2. The maximum atomic E-state index is 11.2. The van der Waals surface area contributed by atoms with Crippen LogP contribution in [-0.4, -0.2) is 41.8 Å². The Morgan fingerprint density at radius 2 is 2.21 bits per heavy atom. The monoisotopic (exact) mass is 221 g/mol. The molecule has 0 rings (SSSR count). The van der Waals surface area contributed by atoms with Gasteiger partial charge in [0.1, 0.15) is 5.54 Å². The highest BCUT2D eigenvalue weighted by atomic mass is 32.2. The Hall–Kier alpha value is -0.260. The van der Waals surface area contributed by atoms with Crippen LogP contribution >= 0.6 is 11.8 Å². The number of ether oxygens (including phenoxy) is 1. The summed E-state index contributed by atoms with van der Waals surface area (Å²) in [6.07, 6.45) is 1.46. The van der Waals surface area contributed by atoms with Crippen LogP contribution in [0.4, 0.5) is 0 Å². The molecule has 14 heavy (non-hydrogen) atoms. The van der Waals surface area contributed by atoms with Crippen LogP contribution in [0, 0.1) is 0 Å². The molecule has 0 aliphatic carbocycles. The SMILES string of the molecule is COC(=O)[C@@](C)(N)CCCSCCO. The first-order valence-electron chi connectivity index (χ1n) is 4.60. The van der Waals surface area contributed by atoms with Crippen LogP contribution in [0.5, 0.6) is 0 Å². The summed E-state index contributed by atoms with van der Waals surface area (Å²) in [5, 5.41) is 8.53. The number of rotatable bonds is 7. The molecule has 0 unspecified atom stereocenters. The van der Waals surface area contributed by atoms with Crippen LogP contribution in [0.1, 0.15) is 19.8 Å². The number of thioether (sulfide) groups is 1. The summed E-state index contributed by atoms with van der Waals surface area (Å²) >= 11 is 1.66. The molecule has 84 valence electrons. The van der Waals surface area contributed by atoms with E-state index in [2.05, 4.69) is 4.74 Å². The normalized spacial score (nSPS) is 14.9. The van der Waals surface area contributed by atoms with E-state index in [0.29, 0.717) is 6.42 Å². The highest BCUT2D eigenvalue weighted by Gasteiger charge is 2.28. The second-order valence-corrected chi connectivity index (χ2v) is 4.57. The van der Waals surface area contributed by atoms with Crippen molar-refractivity contribution in [1.29, 1.82) is 0 Å². The van der Waals surface area contributed by atoms with Crippen LogP contribution in [0.15, 0.2) is 0 Å². The van der Waals surface area contributed by atoms with E-state index in [1.807, 2.05) is 0 Å². The fourth-order valence-corrected chi connectivity index (χ4v) is 1.72.